The maximum atomic E-state index is 11.0. The molecule has 1 aromatic rings. The fourth-order valence-electron chi connectivity index (χ4n) is 2.72. The minimum absolute atomic E-state index is 0.0844. The van der Waals surface area contributed by atoms with Crippen LogP contribution in [0, 0.1) is 0 Å². The second-order valence-corrected chi connectivity index (χ2v) is 6.17. The molecule has 1 saturated heterocycles. The molecule has 1 aliphatic rings. The minimum Gasteiger partial charge on any atom is -0.396 e. The molecule has 0 aliphatic carbocycles. The van der Waals surface area contributed by atoms with Crippen LogP contribution < -0.4 is 5.32 Å². The molecule has 1 unspecified atom stereocenters. The molecular weight excluding hydrogens is 274 g/mol. The molecule has 5 nitrogen and oxygen atoms in total. The molecular formula is C14H23N3O2S. The summed E-state index contributed by atoms with van der Waals surface area (Å²) in [5.74, 6) is -0.0844. The van der Waals surface area contributed by atoms with E-state index in [9.17, 15) is 9.90 Å². The smallest absolute Gasteiger partial charge is 0.223 e. The van der Waals surface area contributed by atoms with E-state index in [0.29, 0.717) is 11.2 Å². The highest BCUT2D eigenvalue weighted by Gasteiger charge is 2.21. The van der Waals surface area contributed by atoms with Gasteiger partial charge in [0.1, 0.15) is 0 Å². The average molecular weight is 297 g/mol. The van der Waals surface area contributed by atoms with Gasteiger partial charge in [0.2, 0.25) is 5.91 Å². The monoisotopic (exact) mass is 297 g/mol. The van der Waals surface area contributed by atoms with E-state index in [1.807, 2.05) is 5.38 Å². The number of likely N-dealkylation sites (tertiary alicyclic amines) is 1. The summed E-state index contributed by atoms with van der Waals surface area (Å²) in [6, 6.07) is 0.452. The van der Waals surface area contributed by atoms with Gasteiger partial charge in [0, 0.05) is 31.5 Å². The lowest BCUT2D eigenvalue weighted by molar-refractivity contribution is -0.114. The Kier molecular flexibility index (Phi) is 5.94. The number of carbonyl (C=O) groups excluding carboxylic acids is 1. The van der Waals surface area contributed by atoms with Crippen molar-refractivity contribution in [1.29, 1.82) is 0 Å². The maximum absolute atomic E-state index is 11.0. The Balaban J connectivity index is 1.98. The summed E-state index contributed by atoms with van der Waals surface area (Å²) in [5.41, 5.74) is 1.00. The lowest BCUT2D eigenvalue weighted by Crippen LogP contribution is -2.35. The number of hydrogen-bond donors (Lipinski definition) is 2. The Bertz CT molecular complexity index is 436. The van der Waals surface area contributed by atoms with Crippen LogP contribution in [0.15, 0.2) is 5.38 Å². The predicted molar refractivity (Wildman–Crippen MR) is 80.8 cm³/mol. The normalized spacial score (nSPS) is 20.6. The van der Waals surface area contributed by atoms with Crippen molar-refractivity contribution in [2.24, 2.45) is 0 Å². The molecule has 2 N–H and O–H groups in total. The van der Waals surface area contributed by atoms with E-state index in [0.717, 1.165) is 31.6 Å². The first-order valence-electron chi connectivity index (χ1n) is 7.26. The first kappa shape index (κ1) is 15.4. The lowest BCUT2D eigenvalue weighted by Gasteiger charge is -2.28. The number of anilines is 1. The first-order valence-corrected chi connectivity index (χ1v) is 8.14. The van der Waals surface area contributed by atoms with Crippen molar-refractivity contribution in [3.63, 3.8) is 0 Å². The van der Waals surface area contributed by atoms with E-state index in [1.54, 1.807) is 0 Å². The summed E-state index contributed by atoms with van der Waals surface area (Å²) in [6.07, 6.45) is 5.72. The van der Waals surface area contributed by atoms with Crippen molar-refractivity contribution in [1.82, 2.24) is 9.88 Å². The van der Waals surface area contributed by atoms with Gasteiger partial charge in [-0.25, -0.2) is 4.98 Å². The van der Waals surface area contributed by atoms with E-state index >= 15 is 0 Å². The molecule has 1 atom stereocenters. The van der Waals surface area contributed by atoms with Crippen LogP contribution in [0.5, 0.6) is 0 Å². The number of aliphatic hydroxyl groups is 1. The van der Waals surface area contributed by atoms with Crippen LogP contribution in [0.1, 0.15) is 44.7 Å². The number of nitrogens with zero attached hydrogens (tertiary/aromatic N) is 2. The third-order valence-electron chi connectivity index (χ3n) is 3.66. The Labute approximate surface area is 124 Å². The third kappa shape index (κ3) is 4.54. The highest BCUT2D eigenvalue weighted by Crippen LogP contribution is 2.23. The molecule has 0 aromatic carbocycles. The zero-order valence-electron chi connectivity index (χ0n) is 12.0. The van der Waals surface area contributed by atoms with Crippen LogP contribution in [0.25, 0.3) is 0 Å². The summed E-state index contributed by atoms with van der Waals surface area (Å²) in [4.78, 5) is 17.9. The van der Waals surface area contributed by atoms with Crippen LogP contribution in [0.4, 0.5) is 5.13 Å². The van der Waals surface area contributed by atoms with Crippen molar-refractivity contribution < 1.29 is 9.90 Å². The van der Waals surface area contributed by atoms with Crippen LogP contribution >= 0.6 is 11.3 Å². The molecule has 2 rings (SSSR count). The molecule has 0 spiro atoms. The third-order valence-corrected chi connectivity index (χ3v) is 4.47. The molecule has 1 aliphatic heterocycles. The number of aromatic nitrogens is 1. The summed E-state index contributed by atoms with van der Waals surface area (Å²) in [7, 11) is 0. The van der Waals surface area contributed by atoms with Gasteiger partial charge in [-0.1, -0.05) is 12.8 Å². The highest BCUT2D eigenvalue weighted by atomic mass is 32.1. The fourth-order valence-corrected chi connectivity index (χ4v) is 3.46. The molecule has 112 valence electrons. The topological polar surface area (TPSA) is 65.5 Å². The number of thiazole rings is 1. The Morgan fingerprint density at radius 3 is 3.15 bits per heavy atom. The van der Waals surface area contributed by atoms with Gasteiger partial charge in [0.15, 0.2) is 5.13 Å². The number of amides is 1. The van der Waals surface area contributed by atoms with Gasteiger partial charge < -0.3 is 10.4 Å². The summed E-state index contributed by atoms with van der Waals surface area (Å²) < 4.78 is 0. The van der Waals surface area contributed by atoms with Crippen molar-refractivity contribution >= 4 is 22.4 Å². The number of aliphatic hydroxyl groups excluding tert-OH is 1. The summed E-state index contributed by atoms with van der Waals surface area (Å²) >= 11 is 1.47. The molecule has 6 heteroatoms. The number of hydrogen-bond acceptors (Lipinski definition) is 5. The Morgan fingerprint density at radius 2 is 2.40 bits per heavy atom. The van der Waals surface area contributed by atoms with E-state index in [2.05, 4.69) is 15.2 Å². The number of nitrogens with one attached hydrogen (secondary N) is 1. The highest BCUT2D eigenvalue weighted by molar-refractivity contribution is 7.13. The maximum Gasteiger partial charge on any atom is 0.223 e. The number of rotatable bonds is 5. The van der Waals surface area contributed by atoms with Crippen molar-refractivity contribution in [3.8, 4) is 0 Å². The number of carbonyl (C=O) groups is 1. The van der Waals surface area contributed by atoms with Gasteiger partial charge in [-0.15, -0.1) is 11.3 Å². The van der Waals surface area contributed by atoms with Crippen LogP contribution in [-0.2, 0) is 11.3 Å². The molecule has 0 radical (unpaired) electrons. The van der Waals surface area contributed by atoms with Crippen molar-refractivity contribution in [2.45, 2.75) is 51.6 Å². The quantitative estimate of drug-likeness (QED) is 0.874. The van der Waals surface area contributed by atoms with E-state index in [1.165, 1.54) is 37.5 Å². The SMILES string of the molecule is CC(=O)Nc1nc(CN2CCCCCC2CCO)cs1. The summed E-state index contributed by atoms with van der Waals surface area (Å²) in [6.45, 7) is 3.61. The molecule has 1 aromatic heterocycles. The van der Waals surface area contributed by atoms with E-state index < -0.39 is 0 Å². The van der Waals surface area contributed by atoms with Crippen molar-refractivity contribution in [2.75, 3.05) is 18.5 Å². The average Bonchev–Trinajstić information content (AvgIpc) is 2.70. The van der Waals surface area contributed by atoms with Crippen LogP contribution in [0.3, 0.4) is 0 Å². The van der Waals surface area contributed by atoms with Gasteiger partial charge in [-0.05, 0) is 25.8 Å². The van der Waals surface area contributed by atoms with Gasteiger partial charge in [-0.2, -0.15) is 0 Å². The Hall–Kier alpha value is -0.980. The zero-order chi connectivity index (χ0) is 14.4. The fraction of sp³-hybridized carbons (Fsp3) is 0.714. The van der Waals surface area contributed by atoms with E-state index in [-0.39, 0.29) is 12.5 Å². The molecule has 1 amide bonds. The Morgan fingerprint density at radius 1 is 1.55 bits per heavy atom. The largest absolute Gasteiger partial charge is 0.396 e. The van der Waals surface area contributed by atoms with E-state index in [4.69, 9.17) is 0 Å². The second kappa shape index (κ2) is 7.71. The molecule has 2 heterocycles. The van der Waals surface area contributed by atoms with Gasteiger partial charge in [0.05, 0.1) is 5.69 Å². The minimum atomic E-state index is -0.0844. The second-order valence-electron chi connectivity index (χ2n) is 5.31. The van der Waals surface area contributed by atoms with Gasteiger partial charge in [-0.3, -0.25) is 9.69 Å². The zero-order valence-corrected chi connectivity index (χ0v) is 12.8. The standard InChI is InChI=1S/C14H23N3O2S/c1-11(19)15-14-16-12(10-20-14)9-17-7-4-2-3-5-13(17)6-8-18/h10,13,18H,2-9H2,1H3,(H,15,16,19). The molecule has 0 bridgehead atoms. The van der Waals surface area contributed by atoms with Crippen molar-refractivity contribution in [3.05, 3.63) is 11.1 Å². The molecule has 20 heavy (non-hydrogen) atoms. The lowest BCUT2D eigenvalue weighted by atomic mass is 10.1. The van der Waals surface area contributed by atoms with Crippen LogP contribution in [-0.4, -0.2) is 40.1 Å². The molecule has 1 fully saturated rings. The molecule has 0 saturated carbocycles. The summed E-state index contributed by atoms with van der Waals surface area (Å²) in [5, 5.41) is 14.6. The first-order chi connectivity index (χ1) is 9.69. The van der Waals surface area contributed by atoms with Gasteiger partial charge in [0.25, 0.3) is 0 Å². The predicted octanol–water partition coefficient (Wildman–Crippen LogP) is 2.23. The van der Waals surface area contributed by atoms with Gasteiger partial charge >= 0.3 is 0 Å². The van der Waals surface area contributed by atoms with Crippen LogP contribution in [0.2, 0.25) is 0 Å².